The lowest BCUT2D eigenvalue weighted by molar-refractivity contribution is -0.125. The van der Waals surface area contributed by atoms with Crippen molar-refractivity contribution in [2.75, 3.05) is 0 Å². The summed E-state index contributed by atoms with van der Waals surface area (Å²) in [7, 11) is 0. The van der Waals surface area contributed by atoms with Crippen molar-refractivity contribution in [3.8, 4) is 0 Å². The van der Waals surface area contributed by atoms with Gasteiger partial charge in [0.1, 0.15) is 6.04 Å². The Morgan fingerprint density at radius 1 is 1.19 bits per heavy atom. The van der Waals surface area contributed by atoms with Crippen molar-refractivity contribution in [1.82, 2.24) is 14.9 Å². The molecule has 0 aliphatic heterocycles. The number of carbonyl (C=O) groups is 1. The van der Waals surface area contributed by atoms with Crippen molar-refractivity contribution in [2.45, 2.75) is 39.8 Å². The van der Waals surface area contributed by atoms with Crippen molar-refractivity contribution in [1.29, 1.82) is 0 Å². The maximum atomic E-state index is 13.5. The fraction of sp³-hybridized carbons (Fsp3) is 0.467. The molecule has 1 amide bonds. The molecule has 1 N–H and O–H groups in total. The van der Waals surface area contributed by atoms with Crippen LogP contribution in [0.5, 0.6) is 0 Å². The van der Waals surface area contributed by atoms with Gasteiger partial charge in [-0.3, -0.25) is 4.79 Å². The molecule has 0 saturated heterocycles. The van der Waals surface area contributed by atoms with Gasteiger partial charge in [-0.05, 0) is 19.8 Å². The smallest absolute Gasteiger partial charge is 0.243 e. The second kappa shape index (κ2) is 5.79. The van der Waals surface area contributed by atoms with E-state index in [9.17, 15) is 13.6 Å². The molecule has 114 valence electrons. The van der Waals surface area contributed by atoms with Crippen LogP contribution in [-0.2, 0) is 4.79 Å². The van der Waals surface area contributed by atoms with Crippen molar-refractivity contribution >= 4 is 16.9 Å². The molecule has 1 heterocycles. The molecule has 0 fully saturated rings. The summed E-state index contributed by atoms with van der Waals surface area (Å²) in [6.07, 6.45) is 1.45. The quantitative estimate of drug-likeness (QED) is 0.942. The first kappa shape index (κ1) is 15.4. The minimum absolute atomic E-state index is 0.00251. The topological polar surface area (TPSA) is 46.9 Å². The molecule has 1 atom stereocenters. The molecule has 4 nitrogen and oxygen atoms in total. The Hall–Kier alpha value is -1.98. The number of nitrogens with one attached hydrogen (secondary N) is 1. The summed E-state index contributed by atoms with van der Waals surface area (Å²) in [6.45, 7) is 7.54. The Morgan fingerprint density at radius 3 is 2.38 bits per heavy atom. The van der Waals surface area contributed by atoms with Gasteiger partial charge in [-0.25, -0.2) is 13.8 Å². The van der Waals surface area contributed by atoms with Crippen LogP contribution in [0.25, 0.3) is 11.0 Å². The fourth-order valence-electron chi connectivity index (χ4n) is 2.36. The molecule has 0 radical (unpaired) electrons. The lowest BCUT2D eigenvalue weighted by Gasteiger charge is -2.23. The summed E-state index contributed by atoms with van der Waals surface area (Å²) < 4.78 is 28.3. The van der Waals surface area contributed by atoms with Crippen LogP contribution in [-0.4, -0.2) is 21.5 Å². The first-order chi connectivity index (χ1) is 9.81. The monoisotopic (exact) mass is 295 g/mol. The number of halogens is 2. The Bertz CT molecular complexity index is 664. The van der Waals surface area contributed by atoms with Crippen molar-refractivity contribution in [3.63, 3.8) is 0 Å². The number of rotatable bonds is 4. The molecule has 2 rings (SSSR count). The molecule has 0 saturated carbocycles. The zero-order valence-electron chi connectivity index (χ0n) is 12.5. The third-order valence-electron chi connectivity index (χ3n) is 3.25. The third-order valence-corrected chi connectivity index (χ3v) is 3.25. The number of imidazole rings is 1. The molecule has 6 heteroatoms. The van der Waals surface area contributed by atoms with Gasteiger partial charge in [0.25, 0.3) is 0 Å². The van der Waals surface area contributed by atoms with Crippen LogP contribution in [0.2, 0.25) is 0 Å². The zero-order chi connectivity index (χ0) is 15.7. The van der Waals surface area contributed by atoms with Crippen LogP contribution in [0, 0.1) is 17.6 Å². The molecule has 1 aromatic carbocycles. The highest BCUT2D eigenvalue weighted by molar-refractivity contribution is 5.84. The molecule has 21 heavy (non-hydrogen) atoms. The molecule has 1 aromatic heterocycles. The van der Waals surface area contributed by atoms with Gasteiger partial charge in [-0.15, -0.1) is 0 Å². The summed E-state index contributed by atoms with van der Waals surface area (Å²) in [5.74, 6) is -2.07. The van der Waals surface area contributed by atoms with Crippen molar-refractivity contribution in [3.05, 3.63) is 30.1 Å². The fourth-order valence-corrected chi connectivity index (χ4v) is 2.36. The lowest BCUT2D eigenvalue weighted by atomic mass is 10.0. The number of benzene rings is 1. The first-order valence-electron chi connectivity index (χ1n) is 6.93. The Morgan fingerprint density at radius 2 is 1.81 bits per heavy atom. The predicted octanol–water partition coefficient (Wildman–Crippen LogP) is 3.04. The standard InChI is InChI=1S/C15H19F2N3O/c1-8(2)14(15(21)19-9(3)4)20-7-18-12-5-10(16)11(17)6-13(12)20/h5-9,14H,1-4H3,(H,19,21). The summed E-state index contributed by atoms with van der Waals surface area (Å²) >= 11 is 0. The van der Waals surface area contributed by atoms with E-state index in [0.29, 0.717) is 11.0 Å². The van der Waals surface area contributed by atoms with E-state index in [2.05, 4.69) is 10.3 Å². The maximum Gasteiger partial charge on any atom is 0.243 e. The van der Waals surface area contributed by atoms with E-state index in [1.54, 1.807) is 4.57 Å². The van der Waals surface area contributed by atoms with Gasteiger partial charge in [0.15, 0.2) is 11.6 Å². The third kappa shape index (κ3) is 3.04. The van der Waals surface area contributed by atoms with E-state index in [1.807, 2.05) is 27.7 Å². The van der Waals surface area contributed by atoms with Gasteiger partial charge in [0.2, 0.25) is 5.91 Å². The van der Waals surface area contributed by atoms with E-state index >= 15 is 0 Å². The summed E-state index contributed by atoms with van der Waals surface area (Å²) in [4.78, 5) is 16.4. The average Bonchev–Trinajstić information content (AvgIpc) is 2.72. The van der Waals surface area contributed by atoms with E-state index < -0.39 is 17.7 Å². The van der Waals surface area contributed by atoms with Crippen LogP contribution < -0.4 is 5.32 Å². The number of hydrogen-bond donors (Lipinski definition) is 1. The SMILES string of the molecule is CC(C)NC(=O)C(C(C)C)n1cnc2cc(F)c(F)cc21. The average molecular weight is 295 g/mol. The minimum atomic E-state index is -0.948. The first-order valence-corrected chi connectivity index (χ1v) is 6.93. The molecular formula is C15H19F2N3O. The van der Waals surface area contributed by atoms with Crippen LogP contribution in [0.1, 0.15) is 33.7 Å². The number of nitrogens with zero attached hydrogens (tertiary/aromatic N) is 2. The Labute approximate surface area is 122 Å². The van der Waals surface area contributed by atoms with Gasteiger partial charge in [-0.2, -0.15) is 0 Å². The molecule has 2 aromatic rings. The highest BCUT2D eigenvalue weighted by atomic mass is 19.2. The van der Waals surface area contributed by atoms with Crippen molar-refractivity contribution in [2.24, 2.45) is 5.92 Å². The van der Waals surface area contributed by atoms with E-state index in [0.717, 1.165) is 12.1 Å². The summed E-state index contributed by atoms with van der Waals surface area (Å²) in [5.41, 5.74) is 0.739. The number of aromatic nitrogens is 2. The number of carbonyl (C=O) groups excluding carboxylic acids is 1. The Kier molecular flexibility index (Phi) is 4.25. The van der Waals surface area contributed by atoms with Crippen LogP contribution in [0.15, 0.2) is 18.5 Å². The van der Waals surface area contributed by atoms with Crippen LogP contribution in [0.3, 0.4) is 0 Å². The zero-order valence-corrected chi connectivity index (χ0v) is 12.5. The van der Waals surface area contributed by atoms with Gasteiger partial charge in [-0.1, -0.05) is 13.8 Å². The number of amides is 1. The van der Waals surface area contributed by atoms with Gasteiger partial charge in [0, 0.05) is 18.2 Å². The van der Waals surface area contributed by atoms with E-state index in [-0.39, 0.29) is 17.9 Å². The molecular weight excluding hydrogens is 276 g/mol. The van der Waals surface area contributed by atoms with E-state index in [1.165, 1.54) is 6.33 Å². The van der Waals surface area contributed by atoms with Gasteiger partial charge in [0.05, 0.1) is 17.4 Å². The minimum Gasteiger partial charge on any atom is -0.352 e. The van der Waals surface area contributed by atoms with Gasteiger partial charge >= 0.3 is 0 Å². The van der Waals surface area contributed by atoms with Crippen molar-refractivity contribution < 1.29 is 13.6 Å². The predicted molar refractivity (Wildman–Crippen MR) is 76.8 cm³/mol. The molecule has 0 bridgehead atoms. The highest BCUT2D eigenvalue weighted by Crippen LogP contribution is 2.25. The second-order valence-electron chi connectivity index (χ2n) is 5.76. The van der Waals surface area contributed by atoms with Crippen LogP contribution >= 0.6 is 0 Å². The summed E-state index contributed by atoms with van der Waals surface area (Å²) in [6, 6.07) is 1.60. The molecule has 0 spiro atoms. The number of hydrogen-bond acceptors (Lipinski definition) is 2. The van der Waals surface area contributed by atoms with Crippen LogP contribution in [0.4, 0.5) is 8.78 Å². The van der Waals surface area contributed by atoms with E-state index in [4.69, 9.17) is 0 Å². The second-order valence-corrected chi connectivity index (χ2v) is 5.76. The maximum absolute atomic E-state index is 13.5. The summed E-state index contributed by atoms with van der Waals surface area (Å²) in [5, 5.41) is 2.85. The number of fused-ring (bicyclic) bond motifs is 1. The van der Waals surface area contributed by atoms with Gasteiger partial charge < -0.3 is 9.88 Å². The highest BCUT2D eigenvalue weighted by Gasteiger charge is 2.26. The molecule has 0 aliphatic carbocycles. The Balaban J connectivity index is 2.50. The normalized spacial score (nSPS) is 13.1. The molecule has 1 unspecified atom stereocenters. The molecule has 0 aliphatic rings. The lowest BCUT2D eigenvalue weighted by Crippen LogP contribution is -2.38. The largest absolute Gasteiger partial charge is 0.352 e.